The van der Waals surface area contributed by atoms with Crippen molar-refractivity contribution < 1.29 is 24.0 Å². The summed E-state index contributed by atoms with van der Waals surface area (Å²) in [5.41, 5.74) is 2.77. The Hall–Kier alpha value is -3.10. The number of benzene rings is 2. The number of anilines is 2. The first-order chi connectivity index (χ1) is 15.0. The third-order valence-corrected chi connectivity index (χ3v) is 5.46. The summed E-state index contributed by atoms with van der Waals surface area (Å²) in [5.74, 6) is -0.665. The lowest BCUT2D eigenvalue weighted by molar-refractivity contribution is -0.937. The fraction of sp³-hybridized carbons (Fsp3) is 0.391. The Morgan fingerprint density at radius 3 is 2.26 bits per heavy atom. The molecule has 3 N–H and O–H groups in total. The van der Waals surface area contributed by atoms with E-state index in [-0.39, 0.29) is 6.04 Å². The molecule has 2 aromatic carbocycles. The molecule has 1 aliphatic heterocycles. The summed E-state index contributed by atoms with van der Waals surface area (Å²) in [6, 6.07) is 15.2. The van der Waals surface area contributed by atoms with Crippen molar-refractivity contribution in [2.24, 2.45) is 0 Å². The van der Waals surface area contributed by atoms with Gasteiger partial charge in [-0.2, -0.15) is 0 Å². The molecule has 1 heterocycles. The van der Waals surface area contributed by atoms with E-state index in [4.69, 9.17) is 9.47 Å². The number of carbonyl (C=O) groups excluding carboxylic acids is 2. The number of methoxy groups -OCH3 is 1. The van der Waals surface area contributed by atoms with Crippen molar-refractivity contribution in [3.05, 3.63) is 54.1 Å². The van der Waals surface area contributed by atoms with E-state index in [2.05, 4.69) is 34.9 Å². The maximum absolute atomic E-state index is 12.4. The SMILES string of the molecule is COc1ccc(NC(=O)C(=O)NC[C@@H](c2ccc(N(C)C)cc2)[NH+]2CCOCC2)cc1. The Morgan fingerprint density at radius 1 is 1.03 bits per heavy atom. The van der Waals surface area contributed by atoms with Gasteiger partial charge in [0.05, 0.1) is 26.9 Å². The molecule has 3 rings (SSSR count). The Balaban J connectivity index is 1.64. The van der Waals surface area contributed by atoms with Crippen molar-refractivity contribution in [1.82, 2.24) is 5.32 Å². The molecule has 0 spiro atoms. The molecule has 0 aliphatic carbocycles. The highest BCUT2D eigenvalue weighted by Crippen LogP contribution is 2.17. The minimum Gasteiger partial charge on any atom is -0.497 e. The van der Waals surface area contributed by atoms with E-state index in [1.165, 1.54) is 4.90 Å². The molecule has 1 atom stereocenters. The summed E-state index contributed by atoms with van der Waals surface area (Å²) in [7, 11) is 5.57. The predicted octanol–water partition coefficient (Wildman–Crippen LogP) is 0.472. The Kier molecular flexibility index (Phi) is 7.86. The number of ether oxygens (including phenoxy) is 2. The van der Waals surface area contributed by atoms with Crippen molar-refractivity contribution in [1.29, 1.82) is 0 Å². The second-order valence-electron chi connectivity index (χ2n) is 7.70. The van der Waals surface area contributed by atoms with Gasteiger partial charge in [-0.1, -0.05) is 12.1 Å². The topological polar surface area (TPSA) is 84.3 Å². The van der Waals surface area contributed by atoms with E-state index >= 15 is 0 Å². The molecule has 0 bridgehead atoms. The number of nitrogens with one attached hydrogen (secondary N) is 3. The molecule has 166 valence electrons. The van der Waals surface area contributed by atoms with Crippen LogP contribution in [-0.2, 0) is 14.3 Å². The van der Waals surface area contributed by atoms with E-state index in [1.807, 2.05) is 19.0 Å². The number of hydrogen-bond acceptors (Lipinski definition) is 5. The van der Waals surface area contributed by atoms with Crippen LogP contribution in [0.3, 0.4) is 0 Å². The lowest BCUT2D eigenvalue weighted by atomic mass is 10.0. The maximum Gasteiger partial charge on any atom is 0.313 e. The first-order valence-electron chi connectivity index (χ1n) is 10.4. The Bertz CT molecular complexity index is 862. The average molecular weight is 428 g/mol. The third-order valence-electron chi connectivity index (χ3n) is 5.46. The van der Waals surface area contributed by atoms with Crippen molar-refractivity contribution >= 4 is 23.2 Å². The van der Waals surface area contributed by atoms with E-state index in [1.54, 1.807) is 31.4 Å². The van der Waals surface area contributed by atoms with Gasteiger partial charge >= 0.3 is 11.8 Å². The third kappa shape index (κ3) is 6.19. The molecule has 0 radical (unpaired) electrons. The van der Waals surface area contributed by atoms with Gasteiger partial charge in [-0.05, 0) is 36.4 Å². The van der Waals surface area contributed by atoms with E-state index in [0.29, 0.717) is 31.2 Å². The molecule has 1 saturated heterocycles. The van der Waals surface area contributed by atoms with Gasteiger partial charge in [-0.3, -0.25) is 9.59 Å². The molecule has 2 aromatic rings. The highest BCUT2D eigenvalue weighted by molar-refractivity contribution is 6.39. The minimum absolute atomic E-state index is 0.0397. The molecule has 8 heteroatoms. The van der Waals surface area contributed by atoms with Gasteiger partial charge in [0.1, 0.15) is 24.9 Å². The van der Waals surface area contributed by atoms with Crippen LogP contribution in [0.15, 0.2) is 48.5 Å². The van der Waals surface area contributed by atoms with Crippen LogP contribution in [0.4, 0.5) is 11.4 Å². The monoisotopic (exact) mass is 427 g/mol. The molecule has 8 nitrogen and oxygen atoms in total. The van der Waals surface area contributed by atoms with Crippen LogP contribution >= 0.6 is 0 Å². The van der Waals surface area contributed by atoms with Crippen molar-refractivity contribution in [2.75, 3.05) is 64.3 Å². The second-order valence-corrected chi connectivity index (χ2v) is 7.70. The van der Waals surface area contributed by atoms with Crippen molar-refractivity contribution in [3.63, 3.8) is 0 Å². The highest BCUT2D eigenvalue weighted by Gasteiger charge is 2.28. The average Bonchev–Trinajstić information content (AvgIpc) is 2.80. The number of rotatable bonds is 7. The number of amides is 2. The summed E-state index contributed by atoms with van der Waals surface area (Å²) in [6.07, 6.45) is 0. The molecular weight excluding hydrogens is 396 g/mol. The van der Waals surface area contributed by atoms with Gasteiger partial charge in [-0.25, -0.2) is 0 Å². The normalized spacial score (nSPS) is 15.1. The van der Waals surface area contributed by atoms with Gasteiger partial charge < -0.3 is 29.9 Å². The fourth-order valence-corrected chi connectivity index (χ4v) is 3.62. The van der Waals surface area contributed by atoms with E-state index in [9.17, 15) is 9.59 Å². The number of hydrogen-bond donors (Lipinski definition) is 3. The van der Waals surface area contributed by atoms with Crippen LogP contribution in [0, 0.1) is 0 Å². The van der Waals surface area contributed by atoms with Crippen LogP contribution < -0.4 is 25.2 Å². The lowest BCUT2D eigenvalue weighted by Crippen LogP contribution is -3.15. The van der Waals surface area contributed by atoms with Crippen LogP contribution in [0.5, 0.6) is 5.75 Å². The molecule has 0 unspecified atom stereocenters. The summed E-state index contributed by atoms with van der Waals surface area (Å²) >= 11 is 0. The lowest BCUT2D eigenvalue weighted by Gasteiger charge is -2.32. The highest BCUT2D eigenvalue weighted by atomic mass is 16.5. The van der Waals surface area contributed by atoms with Crippen LogP contribution in [0.1, 0.15) is 11.6 Å². The molecule has 2 amide bonds. The predicted molar refractivity (Wildman–Crippen MR) is 120 cm³/mol. The van der Waals surface area contributed by atoms with Crippen LogP contribution in [-0.4, -0.2) is 65.9 Å². The zero-order valence-corrected chi connectivity index (χ0v) is 18.3. The molecule has 1 aliphatic rings. The number of carbonyl (C=O) groups is 2. The van der Waals surface area contributed by atoms with Crippen LogP contribution in [0.25, 0.3) is 0 Å². The number of quaternary nitrogens is 1. The van der Waals surface area contributed by atoms with Gasteiger partial charge in [0, 0.05) is 31.0 Å². The quantitative estimate of drug-likeness (QED) is 0.560. The van der Waals surface area contributed by atoms with Crippen molar-refractivity contribution in [2.45, 2.75) is 6.04 Å². The number of nitrogens with zero attached hydrogens (tertiary/aromatic N) is 1. The Morgan fingerprint density at radius 2 is 1.68 bits per heavy atom. The first-order valence-corrected chi connectivity index (χ1v) is 10.4. The molecule has 31 heavy (non-hydrogen) atoms. The maximum atomic E-state index is 12.4. The fourth-order valence-electron chi connectivity index (χ4n) is 3.62. The largest absolute Gasteiger partial charge is 0.497 e. The van der Waals surface area contributed by atoms with Gasteiger partial charge in [-0.15, -0.1) is 0 Å². The second kappa shape index (κ2) is 10.8. The zero-order valence-electron chi connectivity index (χ0n) is 18.3. The van der Waals surface area contributed by atoms with Gasteiger partial charge in [0.25, 0.3) is 0 Å². The van der Waals surface area contributed by atoms with Crippen molar-refractivity contribution in [3.8, 4) is 5.75 Å². The molecule has 0 aromatic heterocycles. The molecule has 0 saturated carbocycles. The zero-order chi connectivity index (χ0) is 22.2. The number of morpholine rings is 1. The summed E-state index contributed by atoms with van der Waals surface area (Å²) in [6.45, 7) is 3.45. The summed E-state index contributed by atoms with van der Waals surface area (Å²) < 4.78 is 10.6. The van der Waals surface area contributed by atoms with Gasteiger partial charge in [0.15, 0.2) is 0 Å². The van der Waals surface area contributed by atoms with Gasteiger partial charge in [0.2, 0.25) is 0 Å². The first kappa shape index (κ1) is 22.6. The smallest absolute Gasteiger partial charge is 0.313 e. The van der Waals surface area contributed by atoms with Crippen LogP contribution in [0.2, 0.25) is 0 Å². The minimum atomic E-state index is -0.691. The standard InChI is InChI=1S/C23H30N4O4/c1-26(2)19-8-4-17(5-9-19)21(27-12-14-31-15-13-27)16-24-22(28)23(29)25-18-6-10-20(30-3)11-7-18/h4-11,21H,12-16H2,1-3H3,(H,24,28)(H,25,29)/p+1/t21-/m0/s1. The molecule has 1 fully saturated rings. The van der Waals surface area contributed by atoms with E-state index in [0.717, 1.165) is 24.3 Å². The summed E-state index contributed by atoms with van der Waals surface area (Å²) in [4.78, 5) is 28.1. The molecular formula is C23H31N4O4+. The Labute approximate surface area is 183 Å². The van der Waals surface area contributed by atoms with E-state index < -0.39 is 11.8 Å². The summed E-state index contributed by atoms with van der Waals surface area (Å²) in [5, 5.41) is 5.43.